The van der Waals surface area contributed by atoms with E-state index >= 15 is 0 Å². The van der Waals surface area contributed by atoms with Gasteiger partial charge in [0.25, 0.3) is 0 Å². The van der Waals surface area contributed by atoms with Crippen LogP contribution >= 0.6 is 0 Å². The van der Waals surface area contributed by atoms with Gasteiger partial charge < -0.3 is 4.42 Å². The summed E-state index contributed by atoms with van der Waals surface area (Å²) in [6.07, 6.45) is 0.882. The SMILES string of the molecule is CC(C)S(=O)(=O)c1cccc(-c2nnc(NC(=O)CCc3ccccc3)o2)c1. The van der Waals surface area contributed by atoms with Gasteiger partial charge in [0.1, 0.15) is 0 Å². The lowest BCUT2D eigenvalue weighted by atomic mass is 10.1. The highest BCUT2D eigenvalue weighted by molar-refractivity contribution is 7.92. The number of hydrogen-bond donors (Lipinski definition) is 1. The number of amides is 1. The van der Waals surface area contributed by atoms with Crippen LogP contribution in [0.4, 0.5) is 6.01 Å². The predicted octanol–water partition coefficient (Wildman–Crippen LogP) is 3.49. The summed E-state index contributed by atoms with van der Waals surface area (Å²) in [4.78, 5) is 12.3. The first-order chi connectivity index (χ1) is 13.4. The van der Waals surface area contributed by atoms with E-state index in [1.165, 1.54) is 12.1 Å². The topological polar surface area (TPSA) is 102 Å². The number of aromatic nitrogens is 2. The summed E-state index contributed by atoms with van der Waals surface area (Å²) in [5, 5.41) is 9.75. The molecule has 1 amide bonds. The number of carbonyl (C=O) groups excluding carboxylic acids is 1. The van der Waals surface area contributed by atoms with Gasteiger partial charge in [0.05, 0.1) is 10.1 Å². The van der Waals surface area contributed by atoms with Crippen molar-refractivity contribution in [2.75, 3.05) is 5.32 Å². The Balaban J connectivity index is 1.68. The van der Waals surface area contributed by atoms with E-state index in [0.717, 1.165) is 5.56 Å². The monoisotopic (exact) mass is 399 g/mol. The second kappa shape index (κ2) is 8.35. The molecule has 0 aliphatic carbocycles. The minimum Gasteiger partial charge on any atom is -0.403 e. The fourth-order valence-electron chi connectivity index (χ4n) is 2.55. The van der Waals surface area contributed by atoms with Gasteiger partial charge in [-0.2, -0.15) is 0 Å². The van der Waals surface area contributed by atoms with E-state index in [0.29, 0.717) is 12.0 Å². The molecule has 0 radical (unpaired) electrons. The lowest BCUT2D eigenvalue weighted by Crippen LogP contribution is -2.13. The van der Waals surface area contributed by atoms with Crippen LogP contribution < -0.4 is 5.32 Å². The molecule has 0 bridgehead atoms. The van der Waals surface area contributed by atoms with Crippen molar-refractivity contribution in [2.45, 2.75) is 36.8 Å². The smallest absolute Gasteiger partial charge is 0.322 e. The zero-order valence-corrected chi connectivity index (χ0v) is 16.4. The number of sulfone groups is 1. The third-order valence-corrected chi connectivity index (χ3v) is 6.34. The van der Waals surface area contributed by atoms with Crippen molar-refractivity contribution < 1.29 is 17.6 Å². The van der Waals surface area contributed by atoms with Crippen LogP contribution in [0.3, 0.4) is 0 Å². The molecule has 146 valence electrons. The molecule has 0 fully saturated rings. The molecule has 8 heteroatoms. The zero-order chi connectivity index (χ0) is 20.1. The third-order valence-electron chi connectivity index (χ3n) is 4.19. The summed E-state index contributed by atoms with van der Waals surface area (Å²) in [6, 6.07) is 16.0. The van der Waals surface area contributed by atoms with Crippen LogP contribution in [-0.4, -0.2) is 29.8 Å². The van der Waals surface area contributed by atoms with Gasteiger partial charge in [-0.1, -0.05) is 41.5 Å². The minimum atomic E-state index is -3.41. The van der Waals surface area contributed by atoms with Gasteiger partial charge in [0.2, 0.25) is 11.8 Å². The second-order valence-corrected chi connectivity index (χ2v) is 9.07. The molecule has 0 aliphatic rings. The van der Waals surface area contributed by atoms with Crippen molar-refractivity contribution in [1.29, 1.82) is 0 Å². The predicted molar refractivity (Wildman–Crippen MR) is 105 cm³/mol. The first kappa shape index (κ1) is 19.8. The van der Waals surface area contributed by atoms with Crippen LogP contribution in [0.1, 0.15) is 25.8 Å². The first-order valence-corrected chi connectivity index (χ1v) is 10.4. The first-order valence-electron chi connectivity index (χ1n) is 8.88. The Bertz CT molecular complexity index is 1060. The van der Waals surface area contributed by atoms with E-state index in [1.807, 2.05) is 30.3 Å². The Labute approximate surface area is 163 Å². The lowest BCUT2D eigenvalue weighted by Gasteiger charge is -2.08. The van der Waals surface area contributed by atoms with Crippen LogP contribution in [0.5, 0.6) is 0 Å². The molecule has 1 aromatic heterocycles. The molecular weight excluding hydrogens is 378 g/mol. The summed E-state index contributed by atoms with van der Waals surface area (Å²) < 4.78 is 30.1. The number of hydrogen-bond acceptors (Lipinski definition) is 6. The summed E-state index contributed by atoms with van der Waals surface area (Å²) in [5.74, 6) is -0.102. The number of carbonyl (C=O) groups is 1. The quantitative estimate of drug-likeness (QED) is 0.652. The highest BCUT2D eigenvalue weighted by Gasteiger charge is 2.20. The Morgan fingerprint density at radius 3 is 2.54 bits per heavy atom. The molecule has 3 rings (SSSR count). The standard InChI is InChI=1S/C20H21N3O4S/c1-14(2)28(25,26)17-10-6-9-16(13-17)19-22-23-20(27-19)21-18(24)12-11-15-7-4-3-5-8-15/h3-10,13-14H,11-12H2,1-2H3,(H,21,23,24). The lowest BCUT2D eigenvalue weighted by molar-refractivity contribution is -0.116. The molecule has 1 N–H and O–H groups in total. The van der Waals surface area contributed by atoms with Gasteiger partial charge in [-0.05, 0) is 44.0 Å². The summed E-state index contributed by atoms with van der Waals surface area (Å²) in [5.41, 5.74) is 1.53. The molecule has 3 aromatic rings. The molecule has 28 heavy (non-hydrogen) atoms. The molecule has 0 saturated carbocycles. The largest absolute Gasteiger partial charge is 0.403 e. The van der Waals surface area contributed by atoms with Gasteiger partial charge in [-0.3, -0.25) is 10.1 Å². The van der Waals surface area contributed by atoms with Crippen LogP contribution in [-0.2, 0) is 21.1 Å². The number of aryl methyl sites for hydroxylation is 1. The Kier molecular flexibility index (Phi) is 5.89. The summed E-state index contributed by atoms with van der Waals surface area (Å²) >= 11 is 0. The van der Waals surface area contributed by atoms with E-state index in [4.69, 9.17) is 4.42 Å². The van der Waals surface area contributed by atoms with Crippen molar-refractivity contribution in [3.63, 3.8) is 0 Å². The van der Waals surface area contributed by atoms with Crippen LogP contribution in [0.2, 0.25) is 0 Å². The fourth-order valence-corrected chi connectivity index (χ4v) is 3.66. The average molecular weight is 399 g/mol. The van der Waals surface area contributed by atoms with E-state index in [1.54, 1.807) is 26.0 Å². The molecule has 0 atom stereocenters. The Morgan fingerprint density at radius 1 is 1.07 bits per heavy atom. The van der Waals surface area contributed by atoms with Crippen LogP contribution in [0, 0.1) is 0 Å². The van der Waals surface area contributed by atoms with Crippen molar-refractivity contribution >= 4 is 21.8 Å². The van der Waals surface area contributed by atoms with Gasteiger partial charge in [-0.25, -0.2) is 8.42 Å². The maximum atomic E-state index is 12.3. The average Bonchev–Trinajstić information content (AvgIpc) is 3.15. The highest BCUT2D eigenvalue weighted by atomic mass is 32.2. The van der Waals surface area contributed by atoms with Gasteiger partial charge in [-0.15, -0.1) is 5.10 Å². The Hall–Kier alpha value is -3.00. The van der Waals surface area contributed by atoms with Crippen molar-refractivity contribution in [2.24, 2.45) is 0 Å². The fraction of sp³-hybridized carbons (Fsp3) is 0.250. The van der Waals surface area contributed by atoms with Crippen LogP contribution in [0.25, 0.3) is 11.5 Å². The number of rotatable bonds is 7. The van der Waals surface area contributed by atoms with Crippen molar-refractivity contribution in [3.05, 3.63) is 60.2 Å². The normalized spacial score (nSPS) is 11.5. The van der Waals surface area contributed by atoms with Crippen molar-refractivity contribution in [1.82, 2.24) is 10.2 Å². The maximum absolute atomic E-state index is 12.3. The summed E-state index contributed by atoms with van der Waals surface area (Å²) in [6.45, 7) is 3.25. The van der Waals surface area contributed by atoms with E-state index in [-0.39, 0.29) is 29.1 Å². The molecular formula is C20H21N3O4S. The molecule has 0 spiro atoms. The molecule has 2 aromatic carbocycles. The zero-order valence-electron chi connectivity index (χ0n) is 15.6. The number of anilines is 1. The van der Waals surface area contributed by atoms with Gasteiger partial charge in [0, 0.05) is 12.0 Å². The van der Waals surface area contributed by atoms with E-state index < -0.39 is 15.1 Å². The molecule has 0 aliphatic heterocycles. The molecule has 1 heterocycles. The van der Waals surface area contributed by atoms with E-state index in [9.17, 15) is 13.2 Å². The molecule has 0 saturated heterocycles. The minimum absolute atomic E-state index is 0.0230. The van der Waals surface area contributed by atoms with E-state index in [2.05, 4.69) is 15.5 Å². The van der Waals surface area contributed by atoms with Crippen molar-refractivity contribution in [3.8, 4) is 11.5 Å². The Morgan fingerprint density at radius 2 is 1.82 bits per heavy atom. The molecule has 7 nitrogen and oxygen atoms in total. The number of benzene rings is 2. The summed E-state index contributed by atoms with van der Waals surface area (Å²) in [7, 11) is -3.41. The maximum Gasteiger partial charge on any atom is 0.322 e. The van der Waals surface area contributed by atoms with Crippen LogP contribution in [0.15, 0.2) is 63.9 Å². The third kappa shape index (κ3) is 4.64. The molecule has 0 unspecified atom stereocenters. The number of nitrogens with zero attached hydrogens (tertiary/aromatic N) is 2. The van der Waals surface area contributed by atoms with Gasteiger partial charge >= 0.3 is 6.01 Å². The number of nitrogens with one attached hydrogen (secondary N) is 1. The highest BCUT2D eigenvalue weighted by Crippen LogP contribution is 2.24. The second-order valence-electron chi connectivity index (χ2n) is 6.57. The van der Waals surface area contributed by atoms with Gasteiger partial charge in [0.15, 0.2) is 9.84 Å².